The summed E-state index contributed by atoms with van der Waals surface area (Å²) in [6.07, 6.45) is 0. The van der Waals surface area contributed by atoms with E-state index in [1.165, 1.54) is 0 Å². The first-order valence-electron chi connectivity index (χ1n) is 5.83. The van der Waals surface area contributed by atoms with Gasteiger partial charge < -0.3 is 36.2 Å². The lowest BCUT2D eigenvalue weighted by molar-refractivity contribution is 0.00237. The van der Waals surface area contributed by atoms with Gasteiger partial charge >= 0.3 is 0 Å². The SMILES string of the molecule is COPOCC(COPOC)(COPOC)COPOC. The summed E-state index contributed by atoms with van der Waals surface area (Å²) in [5.41, 5.74) is -0.478. The summed E-state index contributed by atoms with van der Waals surface area (Å²) < 4.78 is 41.7. The molecule has 0 aliphatic heterocycles. The second-order valence-corrected chi connectivity index (χ2v) is 7.26. The fraction of sp³-hybridized carbons (Fsp3) is 1.00. The number of hydrogen-bond donors (Lipinski definition) is 0. The van der Waals surface area contributed by atoms with Crippen molar-refractivity contribution in [2.45, 2.75) is 0 Å². The van der Waals surface area contributed by atoms with Crippen LogP contribution in [0.1, 0.15) is 0 Å². The molecule has 0 radical (unpaired) electrons. The molecule has 0 aliphatic rings. The lowest BCUT2D eigenvalue weighted by atomic mass is 9.93. The van der Waals surface area contributed by atoms with Crippen LogP contribution in [-0.2, 0) is 36.2 Å². The molecule has 0 saturated carbocycles. The van der Waals surface area contributed by atoms with Crippen LogP contribution in [0.25, 0.3) is 0 Å². The lowest BCUT2D eigenvalue weighted by Gasteiger charge is -2.31. The molecule has 128 valence electrons. The molecule has 4 atom stereocenters. The van der Waals surface area contributed by atoms with Gasteiger partial charge in [-0.25, -0.2) is 0 Å². The summed E-state index contributed by atoms with van der Waals surface area (Å²) in [5, 5.41) is 0. The van der Waals surface area contributed by atoms with Crippen LogP contribution >= 0.6 is 36.1 Å². The van der Waals surface area contributed by atoms with Crippen molar-refractivity contribution in [2.75, 3.05) is 54.9 Å². The molecule has 8 nitrogen and oxygen atoms in total. The number of hydrogen-bond acceptors (Lipinski definition) is 8. The Bertz CT molecular complexity index is 180. The second kappa shape index (κ2) is 16.3. The van der Waals surface area contributed by atoms with Crippen molar-refractivity contribution in [3.05, 3.63) is 0 Å². The van der Waals surface area contributed by atoms with Crippen molar-refractivity contribution >= 4 is 36.1 Å². The maximum atomic E-state index is 5.49. The van der Waals surface area contributed by atoms with Crippen molar-refractivity contribution < 1.29 is 36.2 Å². The fourth-order valence-corrected chi connectivity index (χ4v) is 3.15. The van der Waals surface area contributed by atoms with E-state index in [9.17, 15) is 0 Å². The highest BCUT2D eigenvalue weighted by Crippen LogP contribution is 2.32. The van der Waals surface area contributed by atoms with E-state index in [1.807, 2.05) is 0 Å². The molecule has 0 aromatic carbocycles. The Kier molecular flexibility index (Phi) is 17.3. The van der Waals surface area contributed by atoms with Gasteiger partial charge in [0, 0.05) is 28.4 Å². The molecule has 0 fully saturated rings. The Hall–Kier alpha value is 1.40. The van der Waals surface area contributed by atoms with Crippen LogP contribution in [-0.4, -0.2) is 54.9 Å². The molecule has 0 N–H and O–H groups in total. The van der Waals surface area contributed by atoms with Crippen LogP contribution in [0.3, 0.4) is 0 Å². The summed E-state index contributed by atoms with van der Waals surface area (Å²) in [7, 11) is 6.12. The Morgan fingerprint density at radius 3 is 0.952 bits per heavy atom. The molecule has 0 rings (SSSR count). The first kappa shape index (κ1) is 22.4. The van der Waals surface area contributed by atoms with E-state index in [2.05, 4.69) is 0 Å². The van der Waals surface area contributed by atoms with E-state index in [1.54, 1.807) is 28.4 Å². The van der Waals surface area contributed by atoms with E-state index in [4.69, 9.17) is 36.2 Å². The largest absolute Gasteiger partial charge is 0.340 e. The molecule has 0 aromatic rings. The van der Waals surface area contributed by atoms with Crippen molar-refractivity contribution in [1.82, 2.24) is 0 Å². The maximum Gasteiger partial charge on any atom is 0.154 e. The van der Waals surface area contributed by atoms with Gasteiger partial charge in [-0.05, 0) is 0 Å². The minimum atomic E-state index is -0.478. The first-order chi connectivity index (χ1) is 10.2. The molecule has 0 saturated heterocycles. The standard InChI is InChI=1S/C9H24O8P4/c1-10-18-14-5-9(6-15-19-11-2,7-16-20-12-3)8-17-21-13-4/h18-21H,5-8H2,1-4H3. The van der Waals surface area contributed by atoms with Crippen molar-refractivity contribution in [1.29, 1.82) is 0 Å². The van der Waals surface area contributed by atoms with E-state index < -0.39 is 5.41 Å². The quantitative estimate of drug-likeness (QED) is 0.297. The van der Waals surface area contributed by atoms with Crippen molar-refractivity contribution in [2.24, 2.45) is 5.41 Å². The molecule has 0 spiro atoms. The smallest absolute Gasteiger partial charge is 0.154 e. The van der Waals surface area contributed by atoms with Gasteiger partial charge in [0.15, 0.2) is 36.1 Å². The summed E-state index contributed by atoms with van der Waals surface area (Å²) in [5.74, 6) is 0. The predicted octanol–water partition coefficient (Wildman–Crippen LogP) is 2.66. The normalized spacial score (nSPS) is 16.6. The number of rotatable bonds is 16. The van der Waals surface area contributed by atoms with E-state index in [0.29, 0.717) is 26.4 Å². The molecular weight excluding hydrogens is 360 g/mol. The third-order valence-corrected chi connectivity index (χ3v) is 3.80. The van der Waals surface area contributed by atoms with Gasteiger partial charge in [-0.15, -0.1) is 0 Å². The average molecular weight is 384 g/mol. The predicted molar refractivity (Wildman–Crippen MR) is 87.5 cm³/mol. The molecule has 0 bridgehead atoms. The van der Waals surface area contributed by atoms with Gasteiger partial charge in [-0.3, -0.25) is 0 Å². The maximum absolute atomic E-state index is 5.49. The van der Waals surface area contributed by atoms with Gasteiger partial charge in [-0.2, -0.15) is 0 Å². The van der Waals surface area contributed by atoms with Crippen LogP contribution in [0.5, 0.6) is 0 Å². The zero-order valence-electron chi connectivity index (χ0n) is 12.6. The average Bonchev–Trinajstić information content (AvgIpc) is 2.48. The topological polar surface area (TPSA) is 73.8 Å². The molecule has 0 amide bonds. The third kappa shape index (κ3) is 12.5. The Morgan fingerprint density at radius 2 is 0.762 bits per heavy atom. The van der Waals surface area contributed by atoms with Gasteiger partial charge in [0.2, 0.25) is 0 Å². The fourth-order valence-electron chi connectivity index (χ4n) is 1.22. The Morgan fingerprint density at radius 1 is 0.524 bits per heavy atom. The highest BCUT2D eigenvalue weighted by atomic mass is 31.1. The van der Waals surface area contributed by atoms with Crippen LogP contribution in [0.2, 0.25) is 0 Å². The zero-order chi connectivity index (χ0) is 15.8. The Balaban J connectivity index is 4.52. The molecule has 4 unspecified atom stereocenters. The van der Waals surface area contributed by atoms with Crippen LogP contribution in [0.15, 0.2) is 0 Å². The minimum absolute atomic E-state index is 0.0491. The monoisotopic (exact) mass is 384 g/mol. The van der Waals surface area contributed by atoms with Crippen molar-refractivity contribution in [3.8, 4) is 0 Å². The summed E-state index contributed by atoms with van der Waals surface area (Å²) in [4.78, 5) is 0. The van der Waals surface area contributed by atoms with Gasteiger partial charge in [0.1, 0.15) is 0 Å². The molecule has 12 heteroatoms. The van der Waals surface area contributed by atoms with Gasteiger partial charge in [0.25, 0.3) is 0 Å². The molecule has 21 heavy (non-hydrogen) atoms. The van der Waals surface area contributed by atoms with Crippen LogP contribution in [0.4, 0.5) is 0 Å². The third-order valence-electron chi connectivity index (χ3n) is 2.08. The zero-order valence-corrected chi connectivity index (χ0v) is 16.6. The summed E-state index contributed by atoms with van der Waals surface area (Å²) in [6.45, 7) is 1.48. The van der Waals surface area contributed by atoms with Crippen LogP contribution < -0.4 is 0 Å². The van der Waals surface area contributed by atoms with Gasteiger partial charge in [-0.1, -0.05) is 0 Å². The van der Waals surface area contributed by atoms with E-state index >= 15 is 0 Å². The summed E-state index contributed by atoms with van der Waals surface area (Å²) in [6, 6.07) is 0. The lowest BCUT2D eigenvalue weighted by Crippen LogP contribution is -2.39. The summed E-state index contributed by atoms with van der Waals surface area (Å²) >= 11 is 0. The van der Waals surface area contributed by atoms with E-state index in [0.717, 1.165) is 0 Å². The van der Waals surface area contributed by atoms with Gasteiger partial charge in [0.05, 0.1) is 31.8 Å². The highest BCUT2D eigenvalue weighted by Gasteiger charge is 2.33. The first-order valence-corrected chi connectivity index (χ1v) is 9.10. The molecule has 0 heterocycles. The van der Waals surface area contributed by atoms with E-state index in [-0.39, 0.29) is 36.1 Å². The van der Waals surface area contributed by atoms with Crippen LogP contribution in [0, 0.1) is 5.41 Å². The van der Waals surface area contributed by atoms with Crippen molar-refractivity contribution in [3.63, 3.8) is 0 Å². The molecule has 0 aliphatic carbocycles. The second-order valence-electron chi connectivity index (χ2n) is 3.80. The molecular formula is C9H24O8P4. The highest BCUT2D eigenvalue weighted by molar-refractivity contribution is 7.26. The molecule has 0 aromatic heterocycles. The Labute approximate surface area is 133 Å². The minimum Gasteiger partial charge on any atom is -0.340 e.